The van der Waals surface area contributed by atoms with Gasteiger partial charge in [0.25, 0.3) is 5.91 Å². The van der Waals surface area contributed by atoms with E-state index >= 15 is 0 Å². The molecule has 130 valence electrons. The molecule has 0 unspecified atom stereocenters. The van der Waals surface area contributed by atoms with E-state index in [0.29, 0.717) is 5.13 Å². The molecule has 10 heteroatoms. The molecule has 0 saturated carbocycles. The fourth-order valence-corrected chi connectivity index (χ4v) is 4.65. The number of rotatable bonds is 5. The number of aryl methyl sites for hydroxylation is 1. The molecule has 2 rings (SSSR count). The van der Waals surface area contributed by atoms with Crippen LogP contribution in [0, 0.1) is 6.92 Å². The van der Waals surface area contributed by atoms with Crippen LogP contribution in [0.2, 0.25) is 10.0 Å². The molecular formula is C14H15Cl2N3O3S2. The number of sulfonamides is 1. The Morgan fingerprint density at radius 2 is 1.92 bits per heavy atom. The SMILES string of the molecule is Cc1csc(NC(=O)c2cc(S(=O)(=O)NC(C)C)c(Cl)cc2Cl)n1. The number of nitrogens with one attached hydrogen (secondary N) is 2. The number of benzene rings is 1. The van der Waals surface area contributed by atoms with Gasteiger partial charge in [0.15, 0.2) is 5.13 Å². The summed E-state index contributed by atoms with van der Waals surface area (Å²) in [5.41, 5.74) is 0.764. The smallest absolute Gasteiger partial charge is 0.259 e. The van der Waals surface area contributed by atoms with Crippen molar-refractivity contribution in [2.75, 3.05) is 5.32 Å². The average Bonchev–Trinajstić information content (AvgIpc) is 2.81. The first-order chi connectivity index (χ1) is 11.1. The molecule has 1 amide bonds. The van der Waals surface area contributed by atoms with Crippen LogP contribution in [0.15, 0.2) is 22.4 Å². The molecule has 0 aliphatic carbocycles. The highest BCUT2D eigenvalue weighted by molar-refractivity contribution is 7.89. The molecule has 0 radical (unpaired) electrons. The highest BCUT2D eigenvalue weighted by Gasteiger charge is 2.23. The van der Waals surface area contributed by atoms with Crippen LogP contribution in [0.3, 0.4) is 0 Å². The number of halogens is 2. The van der Waals surface area contributed by atoms with Gasteiger partial charge < -0.3 is 0 Å². The average molecular weight is 408 g/mol. The van der Waals surface area contributed by atoms with Crippen LogP contribution in [-0.4, -0.2) is 25.4 Å². The molecule has 0 fully saturated rings. The van der Waals surface area contributed by atoms with Crippen molar-refractivity contribution >= 4 is 55.6 Å². The van der Waals surface area contributed by atoms with Crippen LogP contribution in [0.25, 0.3) is 0 Å². The predicted molar refractivity (Wildman–Crippen MR) is 96.7 cm³/mol. The molecule has 1 heterocycles. The number of nitrogens with zero attached hydrogens (tertiary/aromatic N) is 1. The molecule has 0 atom stereocenters. The zero-order chi connectivity index (χ0) is 18.1. The van der Waals surface area contributed by atoms with E-state index in [1.54, 1.807) is 26.2 Å². The van der Waals surface area contributed by atoms with Gasteiger partial charge >= 0.3 is 0 Å². The Morgan fingerprint density at radius 3 is 2.46 bits per heavy atom. The first-order valence-corrected chi connectivity index (χ1v) is 9.97. The maximum Gasteiger partial charge on any atom is 0.259 e. The third-order valence-electron chi connectivity index (χ3n) is 2.79. The van der Waals surface area contributed by atoms with Crippen LogP contribution < -0.4 is 10.0 Å². The summed E-state index contributed by atoms with van der Waals surface area (Å²) < 4.78 is 27.1. The molecular weight excluding hydrogens is 393 g/mol. The van der Waals surface area contributed by atoms with E-state index in [1.807, 2.05) is 0 Å². The molecule has 2 N–H and O–H groups in total. The second kappa shape index (κ2) is 7.37. The van der Waals surface area contributed by atoms with E-state index in [9.17, 15) is 13.2 Å². The van der Waals surface area contributed by atoms with Crippen molar-refractivity contribution in [3.05, 3.63) is 38.8 Å². The van der Waals surface area contributed by atoms with Gasteiger partial charge in [-0.05, 0) is 32.9 Å². The van der Waals surface area contributed by atoms with E-state index in [0.717, 1.165) is 11.8 Å². The monoisotopic (exact) mass is 407 g/mol. The van der Waals surface area contributed by atoms with Crippen molar-refractivity contribution in [1.82, 2.24) is 9.71 Å². The number of anilines is 1. The standard InChI is InChI=1S/C14H15Cl2N3O3S2/c1-7(2)19-24(21,22)12-4-9(10(15)5-11(12)16)13(20)18-14-17-8(3)6-23-14/h4-7,19H,1-3H3,(H,17,18,20). The van der Waals surface area contributed by atoms with Crippen molar-refractivity contribution in [3.8, 4) is 0 Å². The quantitative estimate of drug-likeness (QED) is 0.790. The normalized spacial score (nSPS) is 11.8. The van der Waals surface area contributed by atoms with Crippen LogP contribution in [-0.2, 0) is 10.0 Å². The fourth-order valence-electron chi connectivity index (χ4n) is 1.86. The van der Waals surface area contributed by atoms with Crippen molar-refractivity contribution in [2.45, 2.75) is 31.7 Å². The van der Waals surface area contributed by atoms with Crippen molar-refractivity contribution in [1.29, 1.82) is 0 Å². The third-order valence-corrected chi connectivity index (χ3v) is 6.10. The van der Waals surface area contributed by atoms with Gasteiger partial charge in [-0.25, -0.2) is 18.1 Å². The number of aromatic nitrogens is 1. The Labute approximate surface area is 154 Å². The molecule has 6 nitrogen and oxygen atoms in total. The van der Waals surface area contributed by atoms with E-state index in [1.165, 1.54) is 17.4 Å². The number of thiazole rings is 1. The molecule has 0 spiro atoms. The van der Waals surface area contributed by atoms with Crippen molar-refractivity contribution in [3.63, 3.8) is 0 Å². The van der Waals surface area contributed by atoms with Gasteiger partial charge in [-0.1, -0.05) is 23.2 Å². The summed E-state index contributed by atoms with van der Waals surface area (Å²) in [5, 5.41) is 4.75. The van der Waals surface area contributed by atoms with Crippen LogP contribution in [0.5, 0.6) is 0 Å². The number of amides is 1. The maximum absolute atomic E-state index is 12.4. The number of hydrogen-bond donors (Lipinski definition) is 2. The zero-order valence-corrected chi connectivity index (χ0v) is 16.2. The largest absolute Gasteiger partial charge is 0.298 e. The maximum atomic E-state index is 12.4. The second-order valence-electron chi connectivity index (χ2n) is 5.29. The van der Waals surface area contributed by atoms with Gasteiger partial charge in [0.2, 0.25) is 10.0 Å². The highest BCUT2D eigenvalue weighted by Crippen LogP contribution is 2.29. The lowest BCUT2D eigenvalue weighted by Gasteiger charge is -2.13. The summed E-state index contributed by atoms with van der Waals surface area (Å²) in [7, 11) is -3.87. The summed E-state index contributed by atoms with van der Waals surface area (Å²) in [6.07, 6.45) is 0. The van der Waals surface area contributed by atoms with Crippen molar-refractivity contribution < 1.29 is 13.2 Å². The predicted octanol–water partition coefficient (Wildman–Crippen LogP) is 3.70. The summed E-state index contributed by atoms with van der Waals surface area (Å²) in [4.78, 5) is 16.3. The second-order valence-corrected chi connectivity index (χ2v) is 8.64. The molecule has 24 heavy (non-hydrogen) atoms. The Morgan fingerprint density at radius 1 is 1.25 bits per heavy atom. The van der Waals surface area contributed by atoms with Gasteiger partial charge in [0.05, 0.1) is 21.3 Å². The number of hydrogen-bond acceptors (Lipinski definition) is 5. The third kappa shape index (κ3) is 4.46. The van der Waals surface area contributed by atoms with Crippen LogP contribution >= 0.6 is 34.5 Å². The van der Waals surface area contributed by atoms with Gasteiger partial charge in [-0.15, -0.1) is 11.3 Å². The molecule has 0 aliphatic heterocycles. The molecule has 0 aliphatic rings. The highest BCUT2D eigenvalue weighted by atomic mass is 35.5. The summed E-state index contributed by atoms with van der Waals surface area (Å²) >= 11 is 13.3. The molecule has 1 aromatic carbocycles. The number of carbonyl (C=O) groups excluding carboxylic acids is 1. The van der Waals surface area contributed by atoms with E-state index < -0.39 is 15.9 Å². The lowest BCUT2D eigenvalue weighted by atomic mass is 10.2. The summed E-state index contributed by atoms with van der Waals surface area (Å²) in [5.74, 6) is -0.563. The molecule has 0 saturated heterocycles. The molecule has 1 aromatic heterocycles. The molecule has 2 aromatic rings. The Kier molecular flexibility index (Phi) is 5.87. The van der Waals surface area contributed by atoms with Gasteiger partial charge in [0.1, 0.15) is 4.90 Å². The van der Waals surface area contributed by atoms with E-state index in [-0.39, 0.29) is 26.5 Å². The number of carbonyl (C=O) groups is 1. The minimum absolute atomic E-state index is 0.00180. The Hall–Kier alpha value is -1.19. The molecule has 0 bridgehead atoms. The van der Waals surface area contributed by atoms with Gasteiger partial charge in [-0.3, -0.25) is 10.1 Å². The topological polar surface area (TPSA) is 88.2 Å². The van der Waals surface area contributed by atoms with Gasteiger partial charge in [-0.2, -0.15) is 0 Å². The zero-order valence-electron chi connectivity index (χ0n) is 13.1. The summed E-state index contributed by atoms with van der Waals surface area (Å²) in [6.45, 7) is 5.16. The minimum Gasteiger partial charge on any atom is -0.298 e. The Bertz CT molecular complexity index is 879. The lowest BCUT2D eigenvalue weighted by molar-refractivity contribution is 0.102. The fraction of sp³-hybridized carbons (Fsp3) is 0.286. The van der Waals surface area contributed by atoms with E-state index in [2.05, 4.69) is 15.0 Å². The summed E-state index contributed by atoms with van der Waals surface area (Å²) in [6, 6.07) is 2.07. The Balaban J connectivity index is 2.40. The van der Waals surface area contributed by atoms with Crippen LogP contribution in [0.4, 0.5) is 5.13 Å². The first-order valence-electron chi connectivity index (χ1n) is 6.85. The van der Waals surface area contributed by atoms with Crippen LogP contribution in [0.1, 0.15) is 29.9 Å². The lowest BCUT2D eigenvalue weighted by Crippen LogP contribution is -2.30. The minimum atomic E-state index is -3.87. The first kappa shape index (κ1) is 19.1. The van der Waals surface area contributed by atoms with Crippen molar-refractivity contribution in [2.24, 2.45) is 0 Å². The van der Waals surface area contributed by atoms with Gasteiger partial charge in [0, 0.05) is 11.4 Å². The van der Waals surface area contributed by atoms with E-state index in [4.69, 9.17) is 23.2 Å².